The molecule has 1 amide bonds. The lowest BCUT2D eigenvalue weighted by atomic mass is 9.89. The van der Waals surface area contributed by atoms with Gasteiger partial charge in [0.05, 0.1) is 23.7 Å². The number of nitrogens with zero attached hydrogens (tertiary/aromatic N) is 5. The standard InChI is InChI=1S/C22H25N5O3/c1-15-19(16(2)30-24-15)21(28)25-11-8-22(14-25)18-7-5-10-26(18)20-17(6-4-9-23-20)27(22)12-13-29-3/h4-7,9-10H,8,11-14H2,1-3H3/t22-/m0/s1. The van der Waals surface area contributed by atoms with E-state index in [2.05, 4.69) is 37.9 Å². The second-order valence-electron chi connectivity index (χ2n) is 7.96. The van der Waals surface area contributed by atoms with E-state index in [1.165, 1.54) is 0 Å². The lowest BCUT2D eigenvalue weighted by molar-refractivity contribution is 0.0779. The van der Waals surface area contributed by atoms with E-state index in [4.69, 9.17) is 9.26 Å². The molecule has 156 valence electrons. The fourth-order valence-electron chi connectivity index (χ4n) is 4.96. The number of ether oxygens (including phenoxy) is 1. The summed E-state index contributed by atoms with van der Waals surface area (Å²) in [6, 6.07) is 8.25. The molecule has 1 spiro atoms. The Morgan fingerprint density at radius 3 is 2.93 bits per heavy atom. The van der Waals surface area contributed by atoms with Crippen molar-refractivity contribution in [3.63, 3.8) is 0 Å². The minimum absolute atomic E-state index is 0.0232. The van der Waals surface area contributed by atoms with Crippen LogP contribution in [0.25, 0.3) is 5.82 Å². The first-order chi connectivity index (χ1) is 14.6. The zero-order valence-corrected chi connectivity index (χ0v) is 17.5. The number of pyridine rings is 1. The summed E-state index contributed by atoms with van der Waals surface area (Å²) in [5.74, 6) is 1.45. The van der Waals surface area contributed by atoms with Crippen molar-refractivity contribution >= 4 is 11.6 Å². The molecule has 5 heterocycles. The number of hydrogen-bond donors (Lipinski definition) is 0. The summed E-state index contributed by atoms with van der Waals surface area (Å²) < 4.78 is 12.8. The molecule has 0 saturated carbocycles. The minimum atomic E-state index is -0.341. The fourth-order valence-corrected chi connectivity index (χ4v) is 4.96. The summed E-state index contributed by atoms with van der Waals surface area (Å²) in [5.41, 5.74) is 3.08. The van der Waals surface area contributed by atoms with Gasteiger partial charge in [-0.15, -0.1) is 0 Å². The van der Waals surface area contributed by atoms with Crippen LogP contribution < -0.4 is 4.90 Å². The number of rotatable bonds is 4. The van der Waals surface area contributed by atoms with Crippen LogP contribution in [0.1, 0.15) is 33.9 Å². The molecule has 0 unspecified atom stereocenters. The highest BCUT2D eigenvalue weighted by Crippen LogP contribution is 2.47. The minimum Gasteiger partial charge on any atom is -0.383 e. The second kappa shape index (κ2) is 6.98. The van der Waals surface area contributed by atoms with Crippen LogP contribution in [0.15, 0.2) is 41.2 Å². The summed E-state index contributed by atoms with van der Waals surface area (Å²) in [5, 5.41) is 3.96. The van der Waals surface area contributed by atoms with Gasteiger partial charge in [0.2, 0.25) is 0 Å². The molecule has 3 aromatic heterocycles. The van der Waals surface area contributed by atoms with Crippen molar-refractivity contribution in [3.05, 3.63) is 59.4 Å². The molecular weight excluding hydrogens is 382 g/mol. The van der Waals surface area contributed by atoms with Gasteiger partial charge in [0.15, 0.2) is 5.82 Å². The summed E-state index contributed by atoms with van der Waals surface area (Å²) >= 11 is 0. The van der Waals surface area contributed by atoms with Gasteiger partial charge in [-0.1, -0.05) is 5.16 Å². The number of fused-ring (bicyclic) bond motifs is 4. The summed E-state index contributed by atoms with van der Waals surface area (Å²) in [6.45, 7) is 6.15. The number of methoxy groups -OCH3 is 1. The number of anilines is 1. The molecule has 8 nitrogen and oxygen atoms in total. The molecule has 30 heavy (non-hydrogen) atoms. The van der Waals surface area contributed by atoms with Crippen molar-refractivity contribution in [2.45, 2.75) is 25.8 Å². The van der Waals surface area contributed by atoms with Gasteiger partial charge in [-0.3, -0.25) is 4.79 Å². The number of hydrogen-bond acceptors (Lipinski definition) is 6. The maximum Gasteiger partial charge on any atom is 0.259 e. The second-order valence-corrected chi connectivity index (χ2v) is 7.96. The van der Waals surface area contributed by atoms with Crippen molar-refractivity contribution in [3.8, 4) is 5.82 Å². The van der Waals surface area contributed by atoms with Crippen molar-refractivity contribution in [1.29, 1.82) is 0 Å². The van der Waals surface area contributed by atoms with Crippen molar-refractivity contribution < 1.29 is 14.1 Å². The maximum absolute atomic E-state index is 13.4. The predicted octanol–water partition coefficient (Wildman–Crippen LogP) is 2.68. The molecule has 8 heteroatoms. The molecule has 3 aromatic rings. The van der Waals surface area contributed by atoms with Gasteiger partial charge in [-0.2, -0.15) is 0 Å². The van der Waals surface area contributed by atoms with Crippen LogP contribution in [0.5, 0.6) is 0 Å². The van der Waals surface area contributed by atoms with Crippen molar-refractivity contribution in [2.75, 3.05) is 38.3 Å². The van der Waals surface area contributed by atoms with Gasteiger partial charge >= 0.3 is 0 Å². The Morgan fingerprint density at radius 1 is 1.30 bits per heavy atom. The topological polar surface area (TPSA) is 76.6 Å². The molecule has 2 aliphatic heterocycles. The summed E-state index contributed by atoms with van der Waals surface area (Å²) in [7, 11) is 1.71. The van der Waals surface area contributed by atoms with Crippen LogP contribution in [0.2, 0.25) is 0 Å². The van der Waals surface area contributed by atoms with Crippen LogP contribution in [0.3, 0.4) is 0 Å². The van der Waals surface area contributed by atoms with Gasteiger partial charge in [-0.25, -0.2) is 4.98 Å². The van der Waals surface area contributed by atoms with Crippen LogP contribution in [-0.4, -0.2) is 58.9 Å². The zero-order chi connectivity index (χ0) is 20.9. The molecule has 0 N–H and O–H groups in total. The third kappa shape index (κ3) is 2.60. The number of carbonyl (C=O) groups is 1. The van der Waals surface area contributed by atoms with Gasteiger partial charge in [0, 0.05) is 39.1 Å². The van der Waals surface area contributed by atoms with E-state index in [0.717, 1.165) is 23.6 Å². The average Bonchev–Trinajstić information content (AvgIpc) is 3.48. The Bertz CT molecular complexity index is 1080. The van der Waals surface area contributed by atoms with Crippen LogP contribution in [0, 0.1) is 13.8 Å². The van der Waals surface area contributed by atoms with Crippen LogP contribution in [-0.2, 0) is 10.3 Å². The lowest BCUT2D eigenvalue weighted by Gasteiger charge is -2.47. The Kier molecular flexibility index (Phi) is 4.39. The van der Waals surface area contributed by atoms with E-state index in [9.17, 15) is 4.79 Å². The van der Waals surface area contributed by atoms with E-state index in [1.54, 1.807) is 14.0 Å². The third-order valence-corrected chi connectivity index (χ3v) is 6.33. The Balaban J connectivity index is 1.58. The SMILES string of the molecule is COCCN1c2cccnc2-n2cccc2[C@@]12CCN(C(=O)c1c(C)noc1C)C2. The van der Waals surface area contributed by atoms with E-state index < -0.39 is 0 Å². The first kappa shape index (κ1) is 18.9. The molecule has 2 aliphatic rings. The first-order valence-electron chi connectivity index (χ1n) is 10.2. The molecule has 1 saturated heterocycles. The van der Waals surface area contributed by atoms with Crippen molar-refractivity contribution in [2.24, 2.45) is 0 Å². The van der Waals surface area contributed by atoms with E-state index in [-0.39, 0.29) is 11.4 Å². The molecule has 1 fully saturated rings. The number of likely N-dealkylation sites (tertiary alicyclic amines) is 1. The normalized spacial score (nSPS) is 20.0. The van der Waals surface area contributed by atoms with E-state index >= 15 is 0 Å². The maximum atomic E-state index is 13.4. The molecular formula is C22H25N5O3. The zero-order valence-electron chi connectivity index (χ0n) is 17.5. The summed E-state index contributed by atoms with van der Waals surface area (Å²) in [4.78, 5) is 22.3. The number of aromatic nitrogens is 3. The van der Waals surface area contributed by atoms with Crippen LogP contribution >= 0.6 is 0 Å². The van der Waals surface area contributed by atoms with E-state index in [0.29, 0.717) is 43.3 Å². The largest absolute Gasteiger partial charge is 0.383 e. The molecule has 1 atom stereocenters. The molecule has 5 rings (SSSR count). The highest BCUT2D eigenvalue weighted by atomic mass is 16.5. The number of amides is 1. The third-order valence-electron chi connectivity index (χ3n) is 6.33. The Morgan fingerprint density at radius 2 is 2.17 bits per heavy atom. The first-order valence-corrected chi connectivity index (χ1v) is 10.2. The summed E-state index contributed by atoms with van der Waals surface area (Å²) in [6.07, 6.45) is 4.69. The predicted molar refractivity (Wildman–Crippen MR) is 111 cm³/mol. The Hall–Kier alpha value is -3.13. The smallest absolute Gasteiger partial charge is 0.259 e. The van der Waals surface area contributed by atoms with Crippen LogP contribution in [0.4, 0.5) is 5.69 Å². The molecule has 0 aromatic carbocycles. The van der Waals surface area contributed by atoms with Gasteiger partial charge in [-0.05, 0) is 44.5 Å². The van der Waals surface area contributed by atoms with Crippen molar-refractivity contribution in [1.82, 2.24) is 19.6 Å². The monoisotopic (exact) mass is 407 g/mol. The average molecular weight is 407 g/mol. The van der Waals surface area contributed by atoms with Gasteiger partial charge < -0.3 is 23.6 Å². The van der Waals surface area contributed by atoms with Gasteiger partial charge in [0.25, 0.3) is 5.91 Å². The molecule has 0 bridgehead atoms. The number of carbonyl (C=O) groups excluding carboxylic acids is 1. The molecule has 0 aliphatic carbocycles. The fraction of sp³-hybridized carbons (Fsp3) is 0.409. The molecule has 0 radical (unpaired) electrons. The van der Waals surface area contributed by atoms with Gasteiger partial charge in [0.1, 0.15) is 16.9 Å². The number of aryl methyl sites for hydroxylation is 2. The van der Waals surface area contributed by atoms with E-state index in [1.807, 2.05) is 30.2 Å². The lowest BCUT2D eigenvalue weighted by Crippen LogP contribution is -2.53. The highest BCUT2D eigenvalue weighted by molar-refractivity contribution is 5.96. The quantitative estimate of drug-likeness (QED) is 0.662. The Labute approximate surface area is 175 Å². The highest BCUT2D eigenvalue weighted by Gasteiger charge is 2.51.